The zero-order valence-electron chi connectivity index (χ0n) is 29.4. The van der Waals surface area contributed by atoms with E-state index in [4.69, 9.17) is 21.7 Å². The molecule has 1 saturated heterocycles. The van der Waals surface area contributed by atoms with Crippen LogP contribution in [-0.2, 0) is 15.1 Å². The van der Waals surface area contributed by atoms with Crippen molar-refractivity contribution in [3.63, 3.8) is 0 Å². The minimum atomic E-state index is -4.80. The van der Waals surface area contributed by atoms with Crippen molar-refractivity contribution in [2.24, 2.45) is 5.41 Å². The average Bonchev–Trinajstić information content (AvgIpc) is 3.49. The summed E-state index contributed by atoms with van der Waals surface area (Å²) in [5.41, 5.74) is -1.48. The van der Waals surface area contributed by atoms with E-state index >= 15 is 4.39 Å². The Bertz CT molecular complexity index is 2080. The highest BCUT2D eigenvalue weighted by atomic mass is 35.5. The van der Waals surface area contributed by atoms with E-state index in [1.807, 2.05) is 20.8 Å². The van der Waals surface area contributed by atoms with E-state index < -0.39 is 71.8 Å². The second-order valence-electron chi connectivity index (χ2n) is 14.5. The third kappa shape index (κ3) is 7.74. The smallest absolute Gasteiger partial charge is 0.408 e. The molecular formula is C35H36ClF6N9O3. The van der Waals surface area contributed by atoms with Gasteiger partial charge in [0.2, 0.25) is 0 Å². The van der Waals surface area contributed by atoms with Crippen LogP contribution in [0.4, 0.5) is 31.1 Å². The molecule has 54 heavy (non-hydrogen) atoms. The van der Waals surface area contributed by atoms with Crippen molar-refractivity contribution in [1.29, 1.82) is 5.41 Å². The fourth-order valence-corrected chi connectivity index (χ4v) is 6.62. The summed E-state index contributed by atoms with van der Waals surface area (Å²) in [7, 11) is 0. The Labute approximate surface area is 310 Å². The molecule has 2 aliphatic rings. The fourth-order valence-electron chi connectivity index (χ4n) is 6.42. The van der Waals surface area contributed by atoms with E-state index in [0.717, 1.165) is 28.8 Å². The maximum atomic E-state index is 16.0. The highest BCUT2D eigenvalue weighted by Crippen LogP contribution is 2.44. The lowest BCUT2D eigenvalue weighted by molar-refractivity contribution is -0.150. The number of amides is 2. The van der Waals surface area contributed by atoms with Crippen molar-refractivity contribution in [3.8, 4) is 16.8 Å². The van der Waals surface area contributed by atoms with Crippen molar-refractivity contribution >= 4 is 29.6 Å². The van der Waals surface area contributed by atoms with E-state index in [-0.39, 0.29) is 39.9 Å². The van der Waals surface area contributed by atoms with Crippen molar-refractivity contribution in [3.05, 3.63) is 82.9 Å². The lowest BCUT2D eigenvalue weighted by Crippen LogP contribution is -2.47. The van der Waals surface area contributed by atoms with Gasteiger partial charge in [-0.25, -0.2) is 27.6 Å². The van der Waals surface area contributed by atoms with Gasteiger partial charge in [-0.3, -0.25) is 19.8 Å². The minimum absolute atomic E-state index is 0.0237. The van der Waals surface area contributed by atoms with Crippen LogP contribution < -0.4 is 10.6 Å². The van der Waals surface area contributed by atoms with Crippen LogP contribution in [-0.4, -0.2) is 66.2 Å². The Hall–Kier alpha value is -5.13. The number of benzene rings is 2. The maximum Gasteiger partial charge on any atom is 0.408 e. The summed E-state index contributed by atoms with van der Waals surface area (Å²) in [5, 5.41) is 21.8. The Kier molecular flexibility index (Phi) is 10.2. The molecule has 0 unspecified atom stereocenters. The van der Waals surface area contributed by atoms with Gasteiger partial charge in [0.25, 0.3) is 12.3 Å². The largest absolute Gasteiger partial charge is 0.447 e. The molecule has 2 fully saturated rings. The number of aromatic nitrogens is 5. The van der Waals surface area contributed by atoms with Gasteiger partial charge in [-0.05, 0) is 60.9 Å². The normalized spacial score (nSPS) is 18.9. The summed E-state index contributed by atoms with van der Waals surface area (Å²) < 4.78 is 91.1. The summed E-state index contributed by atoms with van der Waals surface area (Å²) >= 11 is 6.39. The Morgan fingerprint density at radius 2 is 1.87 bits per heavy atom. The predicted molar refractivity (Wildman–Crippen MR) is 183 cm³/mol. The molecule has 0 radical (unpaired) electrons. The van der Waals surface area contributed by atoms with Gasteiger partial charge in [-0.2, -0.15) is 23.4 Å². The van der Waals surface area contributed by atoms with Crippen molar-refractivity contribution < 1.29 is 40.7 Å². The van der Waals surface area contributed by atoms with Crippen molar-refractivity contribution in [1.82, 2.24) is 40.1 Å². The number of halogens is 7. The van der Waals surface area contributed by atoms with Crippen LogP contribution in [0.3, 0.4) is 0 Å². The lowest BCUT2D eigenvalue weighted by Gasteiger charge is -2.35. The van der Waals surface area contributed by atoms with Crippen LogP contribution in [0.15, 0.2) is 55.1 Å². The molecule has 6 rings (SSSR count). The van der Waals surface area contributed by atoms with E-state index in [2.05, 4.69) is 20.5 Å². The molecule has 1 aliphatic carbocycles. The van der Waals surface area contributed by atoms with Crippen molar-refractivity contribution in [2.75, 3.05) is 6.61 Å². The molecule has 1 saturated carbocycles. The van der Waals surface area contributed by atoms with Crippen LogP contribution in [0.2, 0.25) is 5.02 Å². The van der Waals surface area contributed by atoms with Gasteiger partial charge in [-0.15, -0.1) is 0 Å². The number of carbonyl (C=O) groups is 2. The second kappa shape index (κ2) is 14.3. The highest BCUT2D eigenvalue weighted by Gasteiger charge is 2.55. The standard InChI is InChI=1S/C35H36ClF6N9O3/c1-18(35(40,41)42)47-32(53)54-15-27(19-5-10-24(36)26(11-19)51-29(28(38)39)44-17-46-51)50-30(52)34(48-31(50)43,16-33(2,3)4)21-6-9-23(25(37)12-21)20-13-45-49(14-20)22-7-8-22/h5-6,9-14,17-18,22,27-28H,7-8,15-16H2,1-4H3,(H2,43,48)(H,47,53)/t18-,27+,34+/m0/s1. The van der Waals surface area contributed by atoms with Gasteiger partial charge >= 0.3 is 12.3 Å². The first-order valence-corrected chi connectivity index (χ1v) is 17.2. The number of carbonyl (C=O) groups excluding carboxylic acids is 2. The first-order chi connectivity index (χ1) is 25.3. The first kappa shape index (κ1) is 38.6. The van der Waals surface area contributed by atoms with Gasteiger partial charge in [-0.1, -0.05) is 50.6 Å². The predicted octanol–water partition coefficient (Wildman–Crippen LogP) is 7.61. The van der Waals surface area contributed by atoms with Crippen LogP contribution in [0, 0.1) is 16.6 Å². The third-order valence-corrected chi connectivity index (χ3v) is 9.43. The molecule has 3 atom stereocenters. The van der Waals surface area contributed by atoms with Crippen LogP contribution in [0.5, 0.6) is 0 Å². The number of ether oxygens (including phenoxy) is 1. The SMILES string of the molecule is C[C@H](NC(=O)OC[C@H](c1ccc(Cl)c(-n2ncnc2C(F)F)c1)N1C(=N)N[C@](CC(C)(C)C)(c2ccc(-c3cnn(C4CC4)c3)c(F)c2)C1=O)C(F)(F)F. The second-order valence-corrected chi connectivity index (χ2v) is 14.9. The van der Waals surface area contributed by atoms with Gasteiger partial charge in [0.1, 0.15) is 30.3 Å². The number of alkyl halides is 5. The van der Waals surface area contributed by atoms with Crippen LogP contribution in [0.25, 0.3) is 16.8 Å². The third-order valence-electron chi connectivity index (χ3n) is 9.11. The van der Waals surface area contributed by atoms with Gasteiger partial charge in [0.15, 0.2) is 11.8 Å². The molecule has 12 nitrogen and oxygen atoms in total. The molecule has 288 valence electrons. The van der Waals surface area contributed by atoms with Gasteiger partial charge in [0, 0.05) is 17.3 Å². The number of rotatable bonds is 11. The number of hydrogen-bond acceptors (Lipinski definition) is 7. The van der Waals surface area contributed by atoms with Gasteiger partial charge in [0.05, 0.1) is 29.0 Å². The monoisotopic (exact) mass is 779 g/mol. The molecule has 4 aromatic rings. The molecule has 2 aromatic heterocycles. The zero-order chi connectivity index (χ0) is 39.3. The first-order valence-electron chi connectivity index (χ1n) is 16.8. The Morgan fingerprint density at radius 1 is 1.15 bits per heavy atom. The topological polar surface area (TPSA) is 143 Å². The number of nitrogens with one attached hydrogen (secondary N) is 3. The minimum Gasteiger partial charge on any atom is -0.447 e. The fraction of sp³-hybridized carbons (Fsp3) is 0.429. The summed E-state index contributed by atoms with van der Waals surface area (Å²) in [6, 6.07) is 4.73. The summed E-state index contributed by atoms with van der Waals surface area (Å²) in [4.78, 5) is 32.0. The average molecular weight is 780 g/mol. The quantitative estimate of drug-likeness (QED) is 0.133. The molecular weight excluding hydrogens is 744 g/mol. The molecule has 3 N–H and O–H groups in total. The van der Waals surface area contributed by atoms with E-state index in [1.54, 1.807) is 28.5 Å². The molecule has 2 aromatic carbocycles. The molecule has 0 bridgehead atoms. The molecule has 1 aliphatic heterocycles. The summed E-state index contributed by atoms with van der Waals surface area (Å²) in [5.74, 6) is -2.71. The number of alkyl carbamates (subject to hydrolysis) is 1. The number of guanidine groups is 1. The Balaban J connectivity index is 1.41. The van der Waals surface area contributed by atoms with E-state index in [0.29, 0.717) is 12.5 Å². The molecule has 3 heterocycles. The lowest BCUT2D eigenvalue weighted by atomic mass is 9.75. The van der Waals surface area contributed by atoms with E-state index in [1.165, 1.54) is 30.3 Å². The van der Waals surface area contributed by atoms with E-state index in [9.17, 15) is 31.5 Å². The zero-order valence-corrected chi connectivity index (χ0v) is 30.1. The maximum absolute atomic E-state index is 16.0. The number of hydrogen-bond donors (Lipinski definition) is 3. The molecule has 2 amide bonds. The van der Waals surface area contributed by atoms with Crippen molar-refractivity contribution in [2.45, 2.75) is 83.2 Å². The molecule has 0 spiro atoms. The number of nitrogens with zero attached hydrogens (tertiary/aromatic N) is 6. The van der Waals surface area contributed by atoms with Gasteiger partial charge < -0.3 is 15.4 Å². The molecule has 19 heteroatoms. The summed E-state index contributed by atoms with van der Waals surface area (Å²) in [6.07, 6.45) is -3.18. The summed E-state index contributed by atoms with van der Waals surface area (Å²) in [6.45, 7) is 5.41. The van der Waals surface area contributed by atoms with Crippen LogP contribution >= 0.6 is 11.6 Å². The van der Waals surface area contributed by atoms with Crippen LogP contribution in [0.1, 0.15) is 82.4 Å². The Morgan fingerprint density at radius 3 is 2.50 bits per heavy atom. The highest BCUT2D eigenvalue weighted by molar-refractivity contribution is 6.32.